The van der Waals surface area contributed by atoms with E-state index in [-0.39, 0.29) is 17.1 Å². The van der Waals surface area contributed by atoms with Gasteiger partial charge in [-0.2, -0.15) is 5.10 Å². The summed E-state index contributed by atoms with van der Waals surface area (Å²) in [5.74, 6) is -3.48. The second-order valence-corrected chi connectivity index (χ2v) is 10.6. The smallest absolute Gasteiger partial charge is 0.273 e. The number of carbonyl (C=O) groups is 3. The van der Waals surface area contributed by atoms with Crippen LogP contribution in [0, 0.1) is 22.0 Å². The van der Waals surface area contributed by atoms with Gasteiger partial charge in [0, 0.05) is 30.6 Å². The Bertz CT molecular complexity index is 1830. The number of ether oxygens (including phenoxy) is 1. The molecular formula is C32H23N5O6. The van der Waals surface area contributed by atoms with Crippen LogP contribution in [0.3, 0.4) is 0 Å². The standard InChI is InChI=1S/C32H23N5O6/c1-43-25-15-19(37(41)42)12-13-24(25)36-30(39)27-26-20-8-2-4-10-22(20)32(28(27)31(36)40,23-11-5-3-9-21(23)26)17-34-35-29(38)18-7-6-14-33-16-18/h2-17,26-28H,1H3,(H,35,38)/b34-17-/t26?,27-,28+,32?/m0/s1. The number of carbonyl (C=O) groups excluding carboxylic acids is 3. The number of hydrazone groups is 1. The van der Waals surface area contributed by atoms with Gasteiger partial charge in [-0.05, 0) is 40.5 Å². The molecule has 3 amide bonds. The van der Waals surface area contributed by atoms with Crippen LogP contribution < -0.4 is 15.1 Å². The molecule has 1 saturated heterocycles. The summed E-state index contributed by atoms with van der Waals surface area (Å²) in [6.45, 7) is 0. The SMILES string of the molecule is COc1cc([N+](=O)[O-])ccc1N1C(=O)[C@H]2C3c4ccccc4C(/C=N\NC(=O)c4cccnc4)(c4ccccc43)[C@H]2C1=O. The molecule has 1 aliphatic heterocycles. The Labute approximate surface area is 245 Å². The number of non-ortho nitro benzene ring substituents is 1. The summed E-state index contributed by atoms with van der Waals surface area (Å²) < 4.78 is 5.42. The Morgan fingerprint density at radius 2 is 1.72 bits per heavy atom. The third-order valence-corrected chi connectivity index (χ3v) is 8.66. The molecule has 11 nitrogen and oxygen atoms in total. The van der Waals surface area contributed by atoms with Crippen molar-refractivity contribution >= 4 is 35.3 Å². The van der Waals surface area contributed by atoms with Gasteiger partial charge in [0.15, 0.2) is 0 Å². The van der Waals surface area contributed by atoms with Crippen molar-refractivity contribution in [1.29, 1.82) is 0 Å². The Kier molecular flexibility index (Phi) is 5.91. The average Bonchev–Trinajstić information content (AvgIpc) is 3.31. The molecule has 3 aliphatic carbocycles. The minimum atomic E-state index is -1.20. The molecule has 1 aromatic heterocycles. The lowest BCUT2D eigenvalue weighted by Crippen LogP contribution is -2.54. The zero-order valence-electron chi connectivity index (χ0n) is 22.7. The average molecular weight is 574 g/mol. The van der Waals surface area contributed by atoms with Crippen LogP contribution in [-0.4, -0.2) is 41.0 Å². The van der Waals surface area contributed by atoms with Crippen LogP contribution in [0.2, 0.25) is 0 Å². The highest BCUT2D eigenvalue weighted by Crippen LogP contribution is 2.64. The van der Waals surface area contributed by atoms with Crippen LogP contribution in [0.25, 0.3) is 0 Å². The first-order valence-corrected chi connectivity index (χ1v) is 13.5. The summed E-state index contributed by atoms with van der Waals surface area (Å²) >= 11 is 0. The maximum atomic E-state index is 14.5. The van der Waals surface area contributed by atoms with Crippen molar-refractivity contribution in [2.24, 2.45) is 16.9 Å². The van der Waals surface area contributed by atoms with E-state index in [0.29, 0.717) is 5.56 Å². The second-order valence-electron chi connectivity index (χ2n) is 10.6. The number of nitro benzene ring substituents is 1. The predicted molar refractivity (Wildman–Crippen MR) is 155 cm³/mol. The molecule has 2 atom stereocenters. The van der Waals surface area contributed by atoms with Crippen molar-refractivity contribution in [1.82, 2.24) is 10.4 Å². The number of imide groups is 1. The number of methoxy groups -OCH3 is 1. The van der Waals surface area contributed by atoms with Gasteiger partial charge in [-0.25, -0.2) is 10.3 Å². The Balaban J connectivity index is 1.41. The molecule has 8 rings (SSSR count). The molecule has 1 N–H and O–H groups in total. The molecule has 0 unspecified atom stereocenters. The molecule has 1 fully saturated rings. The summed E-state index contributed by atoms with van der Waals surface area (Å²) in [5, 5.41) is 15.8. The first kappa shape index (κ1) is 26.2. The fraction of sp³-hybridized carbons (Fsp3) is 0.156. The van der Waals surface area contributed by atoms with Crippen LogP contribution >= 0.6 is 0 Å². The summed E-state index contributed by atoms with van der Waals surface area (Å²) in [6.07, 6.45) is 4.54. The molecule has 11 heteroatoms. The van der Waals surface area contributed by atoms with E-state index in [0.717, 1.165) is 27.2 Å². The number of hydrogen-bond donors (Lipinski definition) is 1. The van der Waals surface area contributed by atoms with Crippen molar-refractivity contribution in [2.75, 3.05) is 12.0 Å². The van der Waals surface area contributed by atoms with Crippen LogP contribution in [0.4, 0.5) is 11.4 Å². The van der Waals surface area contributed by atoms with Crippen molar-refractivity contribution in [3.8, 4) is 5.75 Å². The number of nitrogens with zero attached hydrogens (tertiary/aromatic N) is 4. The molecule has 4 aromatic rings. The number of benzene rings is 3. The van der Waals surface area contributed by atoms with E-state index in [1.165, 1.54) is 31.5 Å². The van der Waals surface area contributed by atoms with Crippen molar-refractivity contribution in [3.05, 3.63) is 129 Å². The molecule has 212 valence electrons. The van der Waals surface area contributed by atoms with E-state index in [9.17, 15) is 24.5 Å². The maximum absolute atomic E-state index is 14.5. The normalized spacial score (nSPS) is 23.1. The Hall–Kier alpha value is -5.71. The van der Waals surface area contributed by atoms with E-state index < -0.39 is 45.8 Å². The van der Waals surface area contributed by atoms with Gasteiger partial charge in [-0.1, -0.05) is 48.5 Å². The minimum Gasteiger partial charge on any atom is -0.494 e. The van der Waals surface area contributed by atoms with Crippen LogP contribution in [0.1, 0.15) is 38.5 Å². The number of nitro groups is 1. The van der Waals surface area contributed by atoms with E-state index in [4.69, 9.17) is 4.74 Å². The molecule has 0 saturated carbocycles. The monoisotopic (exact) mass is 573 g/mol. The fourth-order valence-electron chi connectivity index (χ4n) is 7.01. The largest absolute Gasteiger partial charge is 0.494 e. The van der Waals surface area contributed by atoms with E-state index in [1.807, 2.05) is 48.5 Å². The van der Waals surface area contributed by atoms with Gasteiger partial charge >= 0.3 is 0 Å². The van der Waals surface area contributed by atoms with E-state index in [2.05, 4.69) is 15.5 Å². The lowest BCUT2D eigenvalue weighted by molar-refractivity contribution is -0.384. The molecule has 0 spiro atoms. The van der Waals surface area contributed by atoms with Crippen molar-refractivity contribution in [3.63, 3.8) is 0 Å². The van der Waals surface area contributed by atoms with Gasteiger partial charge in [-0.3, -0.25) is 29.5 Å². The Morgan fingerprint density at radius 3 is 2.35 bits per heavy atom. The highest BCUT2D eigenvalue weighted by Gasteiger charge is 2.68. The zero-order valence-corrected chi connectivity index (χ0v) is 22.7. The first-order valence-electron chi connectivity index (χ1n) is 13.5. The van der Waals surface area contributed by atoms with Gasteiger partial charge in [0.05, 0.1) is 46.6 Å². The molecule has 43 heavy (non-hydrogen) atoms. The van der Waals surface area contributed by atoms with Crippen molar-refractivity contribution < 1.29 is 24.0 Å². The molecular weight excluding hydrogens is 550 g/mol. The highest BCUT2D eigenvalue weighted by atomic mass is 16.6. The number of rotatable bonds is 6. The van der Waals surface area contributed by atoms with Gasteiger partial charge < -0.3 is 4.74 Å². The lowest BCUT2D eigenvalue weighted by atomic mass is 9.47. The molecule has 2 heterocycles. The zero-order chi connectivity index (χ0) is 29.9. The third kappa shape index (κ3) is 3.64. The number of aromatic nitrogens is 1. The summed E-state index contributed by atoms with van der Waals surface area (Å²) in [4.78, 5) is 57.6. The predicted octanol–water partition coefficient (Wildman–Crippen LogP) is 3.97. The maximum Gasteiger partial charge on any atom is 0.273 e. The number of pyridine rings is 1. The number of anilines is 1. The van der Waals surface area contributed by atoms with E-state index in [1.54, 1.807) is 24.5 Å². The summed E-state index contributed by atoms with van der Waals surface area (Å²) in [7, 11) is 1.33. The minimum absolute atomic E-state index is 0.0309. The van der Waals surface area contributed by atoms with Gasteiger partial charge in [0.25, 0.3) is 11.6 Å². The quantitative estimate of drug-likeness (QED) is 0.159. The van der Waals surface area contributed by atoms with Crippen LogP contribution in [-0.2, 0) is 15.0 Å². The summed E-state index contributed by atoms with van der Waals surface area (Å²) in [6, 6.07) is 22.3. The molecule has 4 aliphatic rings. The number of nitrogens with one attached hydrogen (secondary N) is 1. The number of hydrogen-bond acceptors (Lipinski definition) is 8. The first-order chi connectivity index (χ1) is 20.9. The lowest BCUT2D eigenvalue weighted by Gasteiger charge is -2.52. The Morgan fingerprint density at radius 1 is 1.02 bits per heavy atom. The molecule has 0 radical (unpaired) electrons. The second kappa shape index (κ2) is 9.69. The van der Waals surface area contributed by atoms with Crippen LogP contribution in [0.5, 0.6) is 5.75 Å². The topological polar surface area (TPSA) is 144 Å². The van der Waals surface area contributed by atoms with E-state index >= 15 is 0 Å². The van der Waals surface area contributed by atoms with Gasteiger partial charge in [0.2, 0.25) is 11.8 Å². The van der Waals surface area contributed by atoms with Gasteiger partial charge in [0.1, 0.15) is 5.75 Å². The third-order valence-electron chi connectivity index (χ3n) is 8.66. The van der Waals surface area contributed by atoms with Gasteiger partial charge in [-0.15, -0.1) is 0 Å². The van der Waals surface area contributed by atoms with Crippen LogP contribution in [0.15, 0.2) is 96.4 Å². The molecule has 2 bridgehead atoms. The van der Waals surface area contributed by atoms with Crippen molar-refractivity contribution in [2.45, 2.75) is 11.3 Å². The highest BCUT2D eigenvalue weighted by molar-refractivity contribution is 6.25. The number of amides is 3. The molecule has 3 aromatic carbocycles. The fourth-order valence-corrected chi connectivity index (χ4v) is 7.01. The summed E-state index contributed by atoms with van der Waals surface area (Å²) in [5.41, 5.74) is 4.99.